The summed E-state index contributed by atoms with van der Waals surface area (Å²) in [6, 6.07) is 7.30. The van der Waals surface area contributed by atoms with Crippen molar-refractivity contribution < 1.29 is 25.8 Å². The van der Waals surface area contributed by atoms with Gasteiger partial charge < -0.3 is 21.4 Å². The van der Waals surface area contributed by atoms with Crippen molar-refractivity contribution in [2.45, 2.75) is 38.9 Å². The maximum absolute atomic E-state index is 13.4. The largest absolute Gasteiger partial charge is 2.00 e. The van der Waals surface area contributed by atoms with E-state index in [0.717, 1.165) is 0 Å². The maximum atomic E-state index is 13.4. The van der Waals surface area contributed by atoms with E-state index in [1.165, 1.54) is 6.07 Å². The van der Waals surface area contributed by atoms with Crippen molar-refractivity contribution in [3.63, 3.8) is 0 Å². The Labute approximate surface area is 131 Å². The number of benzene rings is 1. The quantitative estimate of drug-likeness (QED) is 0.571. The minimum absolute atomic E-state index is 0. The second-order valence-corrected chi connectivity index (χ2v) is 9.94. The molecule has 1 aromatic rings. The summed E-state index contributed by atoms with van der Waals surface area (Å²) in [7, 11) is -1.93. The molecule has 1 nitrogen and oxygen atoms in total. The zero-order valence-corrected chi connectivity index (χ0v) is 15.1. The molecule has 0 N–H and O–H groups in total. The van der Waals surface area contributed by atoms with Crippen LogP contribution in [0.3, 0.4) is 0 Å². The monoisotopic (exact) mass is 328 g/mol. The summed E-state index contributed by atoms with van der Waals surface area (Å²) in [6.07, 6.45) is 0. The number of halogens is 2. The number of hydrogen-bond acceptors (Lipinski definition) is 1. The fraction of sp³-hybridized carbons (Fsp3) is 0.500. The van der Waals surface area contributed by atoms with Gasteiger partial charge in [-0.2, -0.15) is 12.1 Å². The average Bonchev–Trinajstić information content (AvgIpc) is 2.06. The van der Waals surface area contributed by atoms with Crippen LogP contribution in [-0.4, -0.2) is 31.4 Å². The van der Waals surface area contributed by atoms with Crippen LogP contribution in [0, 0.1) is 11.9 Å². The zero-order valence-electron chi connectivity index (χ0n) is 11.1. The van der Waals surface area contributed by atoms with Gasteiger partial charge in [0.15, 0.2) is 0 Å². The SMILES string of the molecule is CC(C)(C)[Si](C)(C)Oc1cc[c-]cc1F.[Br-].[Mg+2]. The number of rotatable bonds is 2. The van der Waals surface area contributed by atoms with Gasteiger partial charge in [0, 0.05) is 11.6 Å². The molecule has 0 atom stereocenters. The van der Waals surface area contributed by atoms with E-state index in [9.17, 15) is 4.39 Å². The first-order valence-corrected chi connectivity index (χ1v) is 7.99. The van der Waals surface area contributed by atoms with E-state index < -0.39 is 8.32 Å². The molecule has 0 heterocycles. The molecule has 5 heteroatoms. The fourth-order valence-corrected chi connectivity index (χ4v) is 1.93. The van der Waals surface area contributed by atoms with E-state index in [0.29, 0.717) is 5.75 Å². The van der Waals surface area contributed by atoms with Crippen LogP contribution in [0.15, 0.2) is 18.2 Å². The summed E-state index contributed by atoms with van der Waals surface area (Å²) in [4.78, 5) is 0. The van der Waals surface area contributed by atoms with Gasteiger partial charge in [0.1, 0.15) is 0 Å². The topological polar surface area (TPSA) is 9.23 Å². The van der Waals surface area contributed by atoms with Crippen molar-refractivity contribution in [3.05, 3.63) is 30.1 Å². The Morgan fingerprint density at radius 2 is 1.82 bits per heavy atom. The van der Waals surface area contributed by atoms with Crippen LogP contribution >= 0.6 is 0 Å². The van der Waals surface area contributed by atoms with Gasteiger partial charge in [0.25, 0.3) is 0 Å². The average molecular weight is 330 g/mol. The molecule has 0 amide bonds. The van der Waals surface area contributed by atoms with E-state index in [1.54, 1.807) is 12.1 Å². The van der Waals surface area contributed by atoms with Crippen LogP contribution in [0.5, 0.6) is 5.75 Å². The van der Waals surface area contributed by atoms with Gasteiger partial charge in [0.2, 0.25) is 8.32 Å². The van der Waals surface area contributed by atoms with Gasteiger partial charge in [-0.15, -0.1) is 12.1 Å². The van der Waals surface area contributed by atoms with E-state index in [2.05, 4.69) is 39.9 Å². The minimum Gasteiger partial charge on any atom is -1.00 e. The molecular weight excluding hydrogens is 311 g/mol. The van der Waals surface area contributed by atoms with Crippen LogP contribution in [0.2, 0.25) is 18.1 Å². The van der Waals surface area contributed by atoms with Crippen molar-refractivity contribution in [1.82, 2.24) is 0 Å². The Morgan fingerprint density at radius 1 is 1.29 bits per heavy atom. The Hall–Kier alpha value is 0.413. The van der Waals surface area contributed by atoms with E-state index >= 15 is 0 Å². The summed E-state index contributed by atoms with van der Waals surface area (Å²) >= 11 is 0. The molecule has 0 aliphatic carbocycles. The van der Waals surface area contributed by atoms with Gasteiger partial charge >= 0.3 is 23.1 Å². The standard InChI is InChI=1S/C12H18FOSi.BrH.Mg/c1-12(2,3)15(4,5)14-11-9-7-6-8-10(11)13;;/h7-9H,1-5H3;1H;/q-1;;+2/p-1. The van der Waals surface area contributed by atoms with Crippen LogP contribution in [0.1, 0.15) is 20.8 Å². The van der Waals surface area contributed by atoms with E-state index in [4.69, 9.17) is 4.43 Å². The molecule has 92 valence electrons. The Kier molecular flexibility index (Phi) is 8.26. The van der Waals surface area contributed by atoms with Crippen molar-refractivity contribution in [2.75, 3.05) is 0 Å². The van der Waals surface area contributed by atoms with Crippen LogP contribution in [0.25, 0.3) is 0 Å². The van der Waals surface area contributed by atoms with Crippen LogP contribution < -0.4 is 21.4 Å². The van der Waals surface area contributed by atoms with Crippen molar-refractivity contribution in [1.29, 1.82) is 0 Å². The Balaban J connectivity index is 0. The second kappa shape index (κ2) is 7.11. The summed E-state index contributed by atoms with van der Waals surface area (Å²) in [5.74, 6) is 0.0164. The third kappa shape index (κ3) is 5.28. The second-order valence-electron chi connectivity index (χ2n) is 5.22. The molecule has 0 saturated carbocycles. The van der Waals surface area contributed by atoms with Gasteiger partial charge in [-0.3, -0.25) is 4.39 Å². The molecule has 17 heavy (non-hydrogen) atoms. The summed E-state index contributed by atoms with van der Waals surface area (Å²) < 4.78 is 19.2. The summed E-state index contributed by atoms with van der Waals surface area (Å²) in [5.41, 5.74) is 0. The van der Waals surface area contributed by atoms with Crippen molar-refractivity contribution in [2.24, 2.45) is 0 Å². The predicted octanol–water partition coefficient (Wildman–Crippen LogP) is 0.633. The van der Waals surface area contributed by atoms with Crippen molar-refractivity contribution >= 4 is 31.4 Å². The first-order chi connectivity index (χ1) is 6.74. The predicted molar refractivity (Wildman–Crippen MR) is 68.8 cm³/mol. The molecule has 0 fully saturated rings. The van der Waals surface area contributed by atoms with Gasteiger partial charge in [-0.1, -0.05) is 20.8 Å². The maximum Gasteiger partial charge on any atom is 2.00 e. The molecule has 0 saturated heterocycles. The van der Waals surface area contributed by atoms with Gasteiger partial charge in [-0.05, 0) is 18.1 Å². The minimum atomic E-state index is -1.93. The van der Waals surface area contributed by atoms with E-state index in [1.807, 2.05) is 0 Å². The molecule has 1 rings (SSSR count). The molecule has 0 unspecified atom stereocenters. The molecular formula is C12H18BrFMgOSi. The summed E-state index contributed by atoms with van der Waals surface area (Å²) in [6.45, 7) is 10.6. The smallest absolute Gasteiger partial charge is 1.00 e. The number of hydrogen-bond donors (Lipinski definition) is 0. The molecule has 0 aliphatic rings. The molecule has 0 aromatic heterocycles. The zero-order chi connectivity index (χ0) is 11.7. The first-order valence-electron chi connectivity index (χ1n) is 5.09. The Morgan fingerprint density at radius 3 is 2.24 bits per heavy atom. The summed E-state index contributed by atoms with van der Waals surface area (Å²) in [5, 5.41) is 0.0823. The molecule has 0 bridgehead atoms. The van der Waals surface area contributed by atoms with Crippen LogP contribution in [0.4, 0.5) is 4.39 Å². The molecule has 0 spiro atoms. The van der Waals surface area contributed by atoms with Gasteiger partial charge in [0.05, 0.1) is 0 Å². The fourth-order valence-electron chi connectivity index (χ4n) is 0.907. The molecule has 0 aliphatic heterocycles. The molecule has 0 radical (unpaired) electrons. The third-order valence-electron chi connectivity index (χ3n) is 2.95. The molecule has 1 aromatic carbocycles. The van der Waals surface area contributed by atoms with Crippen molar-refractivity contribution in [3.8, 4) is 5.75 Å². The van der Waals surface area contributed by atoms with Crippen LogP contribution in [-0.2, 0) is 0 Å². The first kappa shape index (κ1) is 19.7. The van der Waals surface area contributed by atoms with Gasteiger partial charge in [-0.25, -0.2) is 0 Å². The normalized spacial score (nSPS) is 11.2. The Bertz CT molecular complexity index is 353. The third-order valence-corrected chi connectivity index (χ3v) is 7.29. The van der Waals surface area contributed by atoms with E-state index in [-0.39, 0.29) is 50.9 Å².